The molecule has 0 aliphatic heterocycles. The monoisotopic (exact) mass is 397 g/mol. The number of nitrogens with one attached hydrogen (secondary N) is 2. The van der Waals surface area contributed by atoms with Gasteiger partial charge in [0, 0.05) is 19.2 Å². The van der Waals surface area contributed by atoms with E-state index in [9.17, 15) is 8.42 Å². The van der Waals surface area contributed by atoms with Crippen LogP contribution in [0.1, 0.15) is 16.7 Å². The molecule has 0 aliphatic carbocycles. The zero-order valence-corrected chi connectivity index (χ0v) is 16.4. The fourth-order valence-electron chi connectivity index (χ4n) is 2.75. The Bertz CT molecular complexity index is 1040. The summed E-state index contributed by atoms with van der Waals surface area (Å²) in [4.78, 5) is 8.59. The molecule has 146 valence electrons. The first-order valence-electron chi connectivity index (χ1n) is 8.87. The third kappa shape index (κ3) is 5.77. The largest absolute Gasteiger partial charge is 0.370 e. The van der Waals surface area contributed by atoms with E-state index in [4.69, 9.17) is 5.14 Å². The van der Waals surface area contributed by atoms with Crippen molar-refractivity contribution in [2.45, 2.75) is 24.8 Å². The minimum atomic E-state index is -3.66. The lowest BCUT2D eigenvalue weighted by atomic mass is 10.1. The molecule has 0 saturated carbocycles. The second kappa shape index (κ2) is 8.81. The summed E-state index contributed by atoms with van der Waals surface area (Å²) in [6, 6.07) is 16.7. The van der Waals surface area contributed by atoms with Gasteiger partial charge < -0.3 is 10.6 Å². The zero-order valence-electron chi connectivity index (χ0n) is 15.6. The van der Waals surface area contributed by atoms with Crippen molar-refractivity contribution in [3.63, 3.8) is 0 Å². The van der Waals surface area contributed by atoms with E-state index < -0.39 is 10.0 Å². The summed E-state index contributed by atoms with van der Waals surface area (Å²) in [7, 11) is -3.66. The van der Waals surface area contributed by atoms with Crippen molar-refractivity contribution in [3.05, 3.63) is 77.6 Å². The Balaban J connectivity index is 1.52. The lowest BCUT2D eigenvalue weighted by Gasteiger charge is -2.09. The maximum atomic E-state index is 11.3. The van der Waals surface area contributed by atoms with Crippen LogP contribution in [0.3, 0.4) is 0 Å². The van der Waals surface area contributed by atoms with Gasteiger partial charge in [-0.05, 0) is 36.6 Å². The number of hydrogen-bond donors (Lipinski definition) is 3. The summed E-state index contributed by atoms with van der Waals surface area (Å²) >= 11 is 0. The van der Waals surface area contributed by atoms with Gasteiger partial charge in [-0.3, -0.25) is 0 Å². The number of nitrogens with zero attached hydrogens (tertiary/aromatic N) is 2. The molecule has 2 aromatic carbocycles. The van der Waals surface area contributed by atoms with Crippen LogP contribution < -0.4 is 15.8 Å². The molecule has 1 aromatic heterocycles. The summed E-state index contributed by atoms with van der Waals surface area (Å²) in [5, 5.41) is 11.7. The van der Waals surface area contributed by atoms with Gasteiger partial charge in [-0.25, -0.2) is 23.5 Å². The van der Waals surface area contributed by atoms with Crippen molar-refractivity contribution in [2.24, 2.45) is 5.14 Å². The molecule has 7 nitrogen and oxygen atoms in total. The quantitative estimate of drug-likeness (QED) is 0.539. The first kappa shape index (κ1) is 19.8. The van der Waals surface area contributed by atoms with Crippen molar-refractivity contribution in [1.29, 1.82) is 0 Å². The van der Waals surface area contributed by atoms with Gasteiger partial charge in [-0.15, -0.1) is 0 Å². The number of aryl methyl sites for hydroxylation is 1. The average Bonchev–Trinajstić information content (AvgIpc) is 2.67. The molecule has 4 N–H and O–H groups in total. The van der Waals surface area contributed by atoms with Crippen LogP contribution in [0.15, 0.2) is 65.8 Å². The molecule has 8 heteroatoms. The number of nitrogens with two attached hydrogens (primary N) is 1. The van der Waals surface area contributed by atoms with E-state index >= 15 is 0 Å². The van der Waals surface area contributed by atoms with Crippen LogP contribution in [-0.4, -0.2) is 24.9 Å². The van der Waals surface area contributed by atoms with Crippen molar-refractivity contribution < 1.29 is 8.42 Å². The van der Waals surface area contributed by atoms with E-state index in [-0.39, 0.29) is 4.90 Å². The number of sulfonamides is 1. The molecule has 0 amide bonds. The van der Waals surface area contributed by atoms with Crippen LogP contribution in [0.4, 0.5) is 11.6 Å². The van der Waals surface area contributed by atoms with E-state index in [2.05, 4.69) is 45.7 Å². The molecule has 1 heterocycles. The van der Waals surface area contributed by atoms with Crippen molar-refractivity contribution in [3.8, 4) is 0 Å². The first-order chi connectivity index (χ1) is 13.4. The first-order valence-corrected chi connectivity index (χ1v) is 10.4. The summed E-state index contributed by atoms with van der Waals surface area (Å²) in [5.41, 5.74) is 3.42. The van der Waals surface area contributed by atoms with Gasteiger partial charge in [-0.2, -0.15) is 0 Å². The molecule has 0 atom stereocenters. The minimum Gasteiger partial charge on any atom is -0.370 e. The second-order valence-electron chi connectivity index (χ2n) is 6.50. The number of primary sulfonamides is 1. The van der Waals surface area contributed by atoms with Crippen LogP contribution in [-0.2, 0) is 23.0 Å². The van der Waals surface area contributed by atoms with Crippen LogP contribution >= 0.6 is 0 Å². The summed E-state index contributed by atoms with van der Waals surface area (Å²) in [6.07, 6.45) is 2.24. The summed E-state index contributed by atoms with van der Waals surface area (Å²) in [6.45, 7) is 3.41. The molecule has 0 saturated heterocycles. The Morgan fingerprint density at radius 3 is 2.32 bits per heavy atom. The zero-order chi connectivity index (χ0) is 20.0. The Morgan fingerprint density at radius 2 is 1.64 bits per heavy atom. The summed E-state index contributed by atoms with van der Waals surface area (Å²) < 4.78 is 22.6. The van der Waals surface area contributed by atoms with Crippen LogP contribution in [0.2, 0.25) is 0 Å². The molecule has 3 rings (SSSR count). The lowest BCUT2D eigenvalue weighted by Crippen LogP contribution is -2.12. The maximum absolute atomic E-state index is 11.3. The molecule has 0 unspecified atom stereocenters. The third-order valence-electron chi connectivity index (χ3n) is 4.19. The Hall–Kier alpha value is -2.97. The number of hydrogen-bond acceptors (Lipinski definition) is 6. The molecule has 0 bridgehead atoms. The normalized spacial score (nSPS) is 11.2. The van der Waals surface area contributed by atoms with Gasteiger partial charge in [0.2, 0.25) is 10.0 Å². The number of benzene rings is 2. The smallest absolute Gasteiger partial charge is 0.238 e. The predicted molar refractivity (Wildman–Crippen MR) is 111 cm³/mol. The fraction of sp³-hybridized carbons (Fsp3) is 0.200. The highest BCUT2D eigenvalue weighted by Gasteiger charge is 2.06. The Morgan fingerprint density at radius 1 is 0.929 bits per heavy atom. The molecule has 28 heavy (non-hydrogen) atoms. The molecular formula is C20H23N5O2S. The van der Waals surface area contributed by atoms with Crippen molar-refractivity contribution >= 4 is 21.7 Å². The van der Waals surface area contributed by atoms with Gasteiger partial charge in [-0.1, -0.05) is 42.0 Å². The van der Waals surface area contributed by atoms with Gasteiger partial charge in [0.05, 0.1) is 4.90 Å². The third-order valence-corrected chi connectivity index (χ3v) is 5.12. The maximum Gasteiger partial charge on any atom is 0.238 e. The van der Waals surface area contributed by atoms with E-state index in [0.717, 1.165) is 23.6 Å². The van der Waals surface area contributed by atoms with Gasteiger partial charge in [0.15, 0.2) is 0 Å². The Labute approximate surface area is 165 Å². The number of aromatic nitrogens is 2. The molecule has 0 spiro atoms. The molecule has 0 fully saturated rings. The lowest BCUT2D eigenvalue weighted by molar-refractivity contribution is 0.598. The van der Waals surface area contributed by atoms with Crippen LogP contribution in [0.25, 0.3) is 0 Å². The highest BCUT2D eigenvalue weighted by atomic mass is 32.2. The second-order valence-corrected chi connectivity index (χ2v) is 8.06. The van der Waals surface area contributed by atoms with Crippen molar-refractivity contribution in [1.82, 2.24) is 9.97 Å². The fourth-order valence-corrected chi connectivity index (χ4v) is 3.26. The molecule has 0 aliphatic rings. The van der Waals surface area contributed by atoms with Gasteiger partial charge in [0.1, 0.15) is 18.0 Å². The number of rotatable bonds is 8. The summed E-state index contributed by atoms with van der Waals surface area (Å²) in [5.74, 6) is 1.47. The molecular weight excluding hydrogens is 374 g/mol. The highest BCUT2D eigenvalue weighted by molar-refractivity contribution is 7.89. The predicted octanol–water partition coefficient (Wildman–Crippen LogP) is 2.70. The van der Waals surface area contributed by atoms with E-state index in [1.54, 1.807) is 12.1 Å². The molecule has 3 aromatic rings. The van der Waals surface area contributed by atoms with E-state index in [1.807, 2.05) is 12.1 Å². The SMILES string of the molecule is Cc1cccc(CNc2cc(NCCc3ccc(S(N)(=O)=O)cc3)ncn2)c1. The van der Waals surface area contributed by atoms with Gasteiger partial charge in [0.25, 0.3) is 0 Å². The topological polar surface area (TPSA) is 110 Å². The molecule has 0 radical (unpaired) electrons. The number of anilines is 2. The Kier molecular flexibility index (Phi) is 6.23. The van der Waals surface area contributed by atoms with Crippen molar-refractivity contribution in [2.75, 3.05) is 17.2 Å². The average molecular weight is 398 g/mol. The highest BCUT2D eigenvalue weighted by Crippen LogP contribution is 2.13. The van der Waals surface area contributed by atoms with Gasteiger partial charge >= 0.3 is 0 Å². The van der Waals surface area contributed by atoms with E-state index in [1.165, 1.54) is 29.6 Å². The van der Waals surface area contributed by atoms with Crippen LogP contribution in [0, 0.1) is 6.92 Å². The van der Waals surface area contributed by atoms with Crippen LogP contribution in [0.5, 0.6) is 0 Å². The minimum absolute atomic E-state index is 0.115. The van der Waals surface area contributed by atoms with E-state index in [0.29, 0.717) is 13.1 Å². The standard InChI is InChI=1S/C20H23N5O2S/c1-15-3-2-4-17(11-15)13-23-20-12-19(24-14-25-20)22-10-9-16-5-7-18(8-6-16)28(21,26)27/h2-8,11-12,14H,9-10,13H2,1H3,(H2,21,26,27)(H2,22,23,24,25).